The van der Waals surface area contributed by atoms with E-state index in [2.05, 4.69) is 15.9 Å². The Hall–Kier alpha value is -0.770. The predicted octanol–water partition coefficient (Wildman–Crippen LogP) is 3.95. The Morgan fingerprint density at radius 2 is 2.06 bits per heavy atom. The molecule has 1 aliphatic rings. The van der Waals surface area contributed by atoms with Crippen molar-refractivity contribution in [1.29, 1.82) is 0 Å². The molecule has 4 heteroatoms. The molecule has 1 atom stereocenters. The zero-order valence-electron chi connectivity index (χ0n) is 8.60. The summed E-state index contributed by atoms with van der Waals surface area (Å²) in [7, 11) is 0. The molecule has 0 saturated heterocycles. The first-order valence-electron chi connectivity index (χ1n) is 5.24. The van der Waals surface area contributed by atoms with Crippen molar-refractivity contribution in [3.8, 4) is 0 Å². The van der Waals surface area contributed by atoms with Crippen LogP contribution in [0.2, 0.25) is 0 Å². The third-order valence-corrected chi connectivity index (χ3v) is 3.58. The molecule has 1 nitrogen and oxygen atoms in total. The van der Waals surface area contributed by atoms with Gasteiger partial charge in [0.2, 0.25) is 0 Å². The number of rotatable bonds is 1. The lowest BCUT2D eigenvalue weighted by molar-refractivity contribution is -0.120. The maximum atomic E-state index is 13.8. The number of benzene rings is 1. The van der Waals surface area contributed by atoms with Crippen LogP contribution >= 0.6 is 15.9 Å². The molecule has 0 bridgehead atoms. The van der Waals surface area contributed by atoms with E-state index in [0.717, 1.165) is 6.42 Å². The van der Waals surface area contributed by atoms with Gasteiger partial charge < -0.3 is 0 Å². The van der Waals surface area contributed by atoms with E-state index in [1.807, 2.05) is 0 Å². The Labute approximate surface area is 101 Å². The molecule has 1 unspecified atom stereocenters. The minimum absolute atomic E-state index is 0.0578. The van der Waals surface area contributed by atoms with Crippen molar-refractivity contribution < 1.29 is 13.6 Å². The van der Waals surface area contributed by atoms with Crippen LogP contribution in [-0.2, 0) is 4.79 Å². The quantitative estimate of drug-likeness (QED) is 0.715. The zero-order chi connectivity index (χ0) is 11.7. The average Bonchev–Trinajstić information content (AvgIpc) is 2.24. The lowest BCUT2D eigenvalue weighted by Gasteiger charge is -2.22. The number of hydrogen-bond donors (Lipinski definition) is 0. The summed E-state index contributed by atoms with van der Waals surface area (Å²) < 4.78 is 27.6. The van der Waals surface area contributed by atoms with Crippen molar-refractivity contribution >= 4 is 21.7 Å². The summed E-state index contributed by atoms with van der Waals surface area (Å²) in [4.78, 5) is 11.3. The standard InChI is InChI=1S/C12H11BrF2O/c13-9-4-5-10(14)11(12(9)15)7-2-1-3-8(16)6-7/h4-5,7H,1-3,6H2. The predicted molar refractivity (Wildman–Crippen MR) is 60.3 cm³/mol. The molecule has 0 amide bonds. The smallest absolute Gasteiger partial charge is 0.143 e. The van der Waals surface area contributed by atoms with E-state index in [0.29, 0.717) is 12.8 Å². The summed E-state index contributed by atoms with van der Waals surface area (Å²) in [6.07, 6.45) is 2.18. The molecule has 1 fully saturated rings. The normalized spacial score (nSPS) is 21.2. The summed E-state index contributed by atoms with van der Waals surface area (Å²) in [6, 6.07) is 2.58. The maximum absolute atomic E-state index is 13.8. The van der Waals surface area contributed by atoms with Gasteiger partial charge in [-0.2, -0.15) is 0 Å². The van der Waals surface area contributed by atoms with Crippen molar-refractivity contribution in [2.24, 2.45) is 0 Å². The first-order chi connectivity index (χ1) is 7.59. The Kier molecular flexibility index (Phi) is 3.38. The van der Waals surface area contributed by atoms with Crippen molar-refractivity contribution in [2.45, 2.75) is 31.6 Å². The van der Waals surface area contributed by atoms with Crippen LogP contribution in [0.5, 0.6) is 0 Å². The highest BCUT2D eigenvalue weighted by molar-refractivity contribution is 9.10. The molecule has 0 aliphatic heterocycles. The van der Waals surface area contributed by atoms with Gasteiger partial charge in [0.25, 0.3) is 0 Å². The molecule has 0 spiro atoms. The monoisotopic (exact) mass is 288 g/mol. The van der Waals surface area contributed by atoms with Crippen LogP contribution in [0.1, 0.15) is 37.2 Å². The summed E-state index contributed by atoms with van der Waals surface area (Å²) >= 11 is 3.04. The van der Waals surface area contributed by atoms with E-state index in [1.54, 1.807) is 0 Å². The second-order valence-electron chi connectivity index (χ2n) is 4.09. The second kappa shape index (κ2) is 4.62. The van der Waals surface area contributed by atoms with Gasteiger partial charge >= 0.3 is 0 Å². The van der Waals surface area contributed by atoms with E-state index >= 15 is 0 Å². The SMILES string of the molecule is O=C1CCCC(c2c(F)ccc(Br)c2F)C1. The Bertz CT molecular complexity index is 431. The highest BCUT2D eigenvalue weighted by Gasteiger charge is 2.27. The Morgan fingerprint density at radius 3 is 2.75 bits per heavy atom. The van der Waals surface area contributed by atoms with E-state index in [9.17, 15) is 13.6 Å². The van der Waals surface area contributed by atoms with Gasteiger partial charge in [-0.05, 0) is 46.8 Å². The molecule has 1 aromatic carbocycles. The van der Waals surface area contributed by atoms with Gasteiger partial charge in [0.15, 0.2) is 0 Å². The topological polar surface area (TPSA) is 17.1 Å². The number of carbonyl (C=O) groups is 1. The van der Waals surface area contributed by atoms with Gasteiger partial charge in [0.05, 0.1) is 4.47 Å². The number of hydrogen-bond acceptors (Lipinski definition) is 1. The largest absolute Gasteiger partial charge is 0.300 e. The lowest BCUT2D eigenvalue weighted by atomic mass is 9.83. The highest BCUT2D eigenvalue weighted by atomic mass is 79.9. The molecule has 0 heterocycles. The third-order valence-electron chi connectivity index (χ3n) is 2.97. The lowest BCUT2D eigenvalue weighted by Crippen LogP contribution is -2.16. The fourth-order valence-corrected chi connectivity index (χ4v) is 2.53. The minimum Gasteiger partial charge on any atom is -0.300 e. The fourth-order valence-electron chi connectivity index (χ4n) is 2.19. The molecule has 0 N–H and O–H groups in total. The molecule has 1 aromatic rings. The van der Waals surface area contributed by atoms with Gasteiger partial charge in [0, 0.05) is 18.4 Å². The molecule has 0 radical (unpaired) electrons. The van der Waals surface area contributed by atoms with E-state index in [1.165, 1.54) is 12.1 Å². The molecular weight excluding hydrogens is 278 g/mol. The molecule has 2 rings (SSSR count). The van der Waals surface area contributed by atoms with Crippen LogP contribution in [0.4, 0.5) is 8.78 Å². The van der Waals surface area contributed by atoms with Crippen LogP contribution in [0.25, 0.3) is 0 Å². The number of Topliss-reactive ketones (excluding diaryl/α,β-unsaturated/α-hetero) is 1. The summed E-state index contributed by atoms with van der Waals surface area (Å²) in [5.74, 6) is -1.34. The molecule has 1 aliphatic carbocycles. The molecular formula is C12H11BrF2O. The van der Waals surface area contributed by atoms with Crippen molar-refractivity contribution in [2.75, 3.05) is 0 Å². The molecule has 86 valence electrons. The first kappa shape index (κ1) is 11.7. The maximum Gasteiger partial charge on any atom is 0.143 e. The van der Waals surface area contributed by atoms with Crippen molar-refractivity contribution in [1.82, 2.24) is 0 Å². The van der Waals surface area contributed by atoms with E-state index in [4.69, 9.17) is 0 Å². The fraction of sp³-hybridized carbons (Fsp3) is 0.417. The van der Waals surface area contributed by atoms with Crippen LogP contribution in [0.15, 0.2) is 16.6 Å². The minimum atomic E-state index is -0.570. The molecule has 0 aromatic heterocycles. The van der Waals surface area contributed by atoms with Crippen molar-refractivity contribution in [3.63, 3.8) is 0 Å². The summed E-state index contributed by atoms with van der Waals surface area (Å²) in [6.45, 7) is 0. The summed E-state index contributed by atoms with van der Waals surface area (Å²) in [5.41, 5.74) is 0.0578. The van der Waals surface area contributed by atoms with Crippen LogP contribution in [0, 0.1) is 11.6 Å². The van der Waals surface area contributed by atoms with Gasteiger partial charge in [-0.1, -0.05) is 0 Å². The van der Waals surface area contributed by atoms with Gasteiger partial charge in [-0.25, -0.2) is 8.78 Å². The third kappa shape index (κ3) is 2.17. The van der Waals surface area contributed by atoms with Crippen molar-refractivity contribution in [3.05, 3.63) is 33.8 Å². The Balaban J connectivity index is 2.39. The second-order valence-corrected chi connectivity index (χ2v) is 4.94. The number of halogens is 3. The molecule has 16 heavy (non-hydrogen) atoms. The van der Waals surface area contributed by atoms with Gasteiger partial charge in [-0.3, -0.25) is 4.79 Å². The van der Waals surface area contributed by atoms with E-state index < -0.39 is 11.6 Å². The number of ketones is 1. The number of carbonyl (C=O) groups excluding carboxylic acids is 1. The first-order valence-corrected chi connectivity index (χ1v) is 6.04. The average molecular weight is 289 g/mol. The highest BCUT2D eigenvalue weighted by Crippen LogP contribution is 2.36. The van der Waals surface area contributed by atoms with E-state index in [-0.39, 0.29) is 28.2 Å². The van der Waals surface area contributed by atoms with Gasteiger partial charge in [-0.15, -0.1) is 0 Å². The van der Waals surface area contributed by atoms with Crippen LogP contribution < -0.4 is 0 Å². The van der Waals surface area contributed by atoms with Crippen LogP contribution in [0.3, 0.4) is 0 Å². The molecule has 1 saturated carbocycles. The Morgan fingerprint density at radius 1 is 1.31 bits per heavy atom. The van der Waals surface area contributed by atoms with Gasteiger partial charge in [0.1, 0.15) is 17.4 Å². The van der Waals surface area contributed by atoms with Crippen LogP contribution in [-0.4, -0.2) is 5.78 Å². The summed E-state index contributed by atoms with van der Waals surface area (Å²) in [5, 5.41) is 0. The zero-order valence-corrected chi connectivity index (χ0v) is 10.2.